The summed E-state index contributed by atoms with van der Waals surface area (Å²) < 4.78 is 0. The molecule has 2 nitrogen and oxygen atoms in total. The molecule has 0 aliphatic carbocycles. The summed E-state index contributed by atoms with van der Waals surface area (Å²) in [5.74, 6) is 0.166. The maximum Gasteiger partial charge on any atom is 0.225 e. The average Bonchev–Trinajstić information content (AvgIpc) is 2.74. The van der Waals surface area contributed by atoms with Crippen LogP contribution in [0, 0.1) is 0 Å². The molecule has 1 N–H and O–H groups in total. The Morgan fingerprint density at radius 3 is 2.22 bits per heavy atom. The summed E-state index contributed by atoms with van der Waals surface area (Å²) in [6.45, 7) is 0. The van der Waals surface area contributed by atoms with Gasteiger partial charge in [-0.1, -0.05) is 91.0 Å². The minimum atomic E-state index is 0.0796. The van der Waals surface area contributed by atoms with E-state index in [1.807, 2.05) is 18.2 Å². The first kappa shape index (κ1) is 15.8. The Hall–Kier alpha value is -3.39. The molecule has 0 saturated heterocycles. The maximum absolute atomic E-state index is 12.4. The van der Waals surface area contributed by atoms with Gasteiger partial charge in [0.15, 0.2) is 0 Å². The fraction of sp³-hybridized carbons (Fsp3) is 0.0800. The monoisotopic (exact) mass is 349 g/mol. The molecule has 1 atom stereocenters. The van der Waals surface area contributed by atoms with Crippen molar-refractivity contribution in [2.75, 3.05) is 5.32 Å². The second-order valence-electron chi connectivity index (χ2n) is 7.04. The van der Waals surface area contributed by atoms with Crippen LogP contribution in [0.4, 0.5) is 5.69 Å². The smallest absolute Gasteiger partial charge is 0.225 e. The van der Waals surface area contributed by atoms with Crippen molar-refractivity contribution >= 4 is 22.4 Å². The summed E-state index contributed by atoms with van der Waals surface area (Å²) in [6, 6.07) is 31.5. The highest BCUT2D eigenvalue weighted by molar-refractivity contribution is 6.06. The van der Waals surface area contributed by atoms with E-state index in [4.69, 9.17) is 0 Å². The van der Waals surface area contributed by atoms with Crippen LogP contribution in [0.3, 0.4) is 0 Å². The number of carbonyl (C=O) groups is 1. The van der Waals surface area contributed by atoms with Gasteiger partial charge >= 0.3 is 0 Å². The van der Waals surface area contributed by atoms with Gasteiger partial charge in [0.2, 0.25) is 5.91 Å². The minimum Gasteiger partial charge on any atom is -0.325 e. The van der Waals surface area contributed by atoms with Crippen molar-refractivity contribution in [3.63, 3.8) is 0 Å². The van der Waals surface area contributed by atoms with E-state index in [1.165, 1.54) is 22.3 Å². The summed E-state index contributed by atoms with van der Waals surface area (Å²) >= 11 is 0. The van der Waals surface area contributed by atoms with Gasteiger partial charge in [-0.2, -0.15) is 0 Å². The SMILES string of the molecule is O=C1C[C@@H](c2ccc(-c3ccccc3)cc2)c2ccc3ccccc3c2N1. The highest BCUT2D eigenvalue weighted by Crippen LogP contribution is 2.41. The summed E-state index contributed by atoms with van der Waals surface area (Å²) in [5.41, 5.74) is 5.73. The van der Waals surface area contributed by atoms with Crippen molar-refractivity contribution in [3.05, 3.63) is 102 Å². The molecular weight excluding hydrogens is 330 g/mol. The minimum absolute atomic E-state index is 0.0796. The second-order valence-corrected chi connectivity index (χ2v) is 7.04. The van der Waals surface area contributed by atoms with Crippen LogP contribution in [0.5, 0.6) is 0 Å². The number of hydrogen-bond donors (Lipinski definition) is 1. The number of hydrogen-bond acceptors (Lipinski definition) is 1. The molecule has 0 aromatic heterocycles. The fourth-order valence-corrected chi connectivity index (χ4v) is 4.04. The Kier molecular flexibility index (Phi) is 3.75. The van der Waals surface area contributed by atoms with Crippen molar-refractivity contribution in [2.45, 2.75) is 12.3 Å². The molecule has 5 rings (SSSR count). The Morgan fingerprint density at radius 1 is 0.704 bits per heavy atom. The standard InChI is InChI=1S/C25H19NO/c27-24-16-23(20-12-10-18(11-13-20)17-6-2-1-3-7-17)22-15-14-19-8-4-5-9-21(19)25(22)26-24/h1-15,23H,16H2,(H,26,27)/t23-/m0/s1. The number of carbonyl (C=O) groups excluding carboxylic acids is 1. The molecule has 0 radical (unpaired) electrons. The molecule has 0 bridgehead atoms. The van der Waals surface area contributed by atoms with Crippen LogP contribution < -0.4 is 5.32 Å². The van der Waals surface area contributed by atoms with E-state index in [2.05, 4.69) is 78.1 Å². The van der Waals surface area contributed by atoms with Gasteiger partial charge in [0.05, 0.1) is 5.69 Å². The van der Waals surface area contributed by atoms with E-state index in [0.29, 0.717) is 6.42 Å². The summed E-state index contributed by atoms with van der Waals surface area (Å²) in [4.78, 5) is 12.4. The molecule has 130 valence electrons. The first-order valence-electron chi connectivity index (χ1n) is 9.26. The zero-order chi connectivity index (χ0) is 18.2. The van der Waals surface area contributed by atoms with Gasteiger partial charge < -0.3 is 5.32 Å². The number of amides is 1. The topological polar surface area (TPSA) is 29.1 Å². The molecule has 1 aliphatic heterocycles. The Morgan fingerprint density at radius 2 is 1.41 bits per heavy atom. The van der Waals surface area contributed by atoms with Crippen molar-refractivity contribution in [1.82, 2.24) is 0 Å². The molecule has 0 spiro atoms. The van der Waals surface area contributed by atoms with E-state index >= 15 is 0 Å². The van der Waals surface area contributed by atoms with Crippen LogP contribution in [-0.4, -0.2) is 5.91 Å². The Bertz CT molecular complexity index is 1130. The normalized spacial score (nSPS) is 16.0. The fourth-order valence-electron chi connectivity index (χ4n) is 4.04. The third-order valence-electron chi connectivity index (χ3n) is 5.41. The molecule has 0 fully saturated rings. The molecule has 1 aliphatic rings. The summed E-state index contributed by atoms with van der Waals surface area (Å²) in [7, 11) is 0. The van der Waals surface area contributed by atoms with Crippen molar-refractivity contribution in [2.24, 2.45) is 0 Å². The van der Waals surface area contributed by atoms with E-state index in [9.17, 15) is 4.79 Å². The first-order chi connectivity index (χ1) is 13.3. The molecule has 4 aromatic carbocycles. The van der Waals surface area contributed by atoms with Gasteiger partial charge in [-0.15, -0.1) is 0 Å². The third-order valence-corrected chi connectivity index (χ3v) is 5.41. The zero-order valence-electron chi connectivity index (χ0n) is 14.9. The second kappa shape index (κ2) is 6.40. The van der Waals surface area contributed by atoms with Crippen molar-refractivity contribution in [3.8, 4) is 11.1 Å². The molecule has 0 saturated carbocycles. The highest BCUT2D eigenvalue weighted by atomic mass is 16.1. The van der Waals surface area contributed by atoms with Gasteiger partial charge in [0.25, 0.3) is 0 Å². The molecule has 0 unspecified atom stereocenters. The lowest BCUT2D eigenvalue weighted by Crippen LogP contribution is -2.23. The largest absolute Gasteiger partial charge is 0.325 e. The van der Waals surface area contributed by atoms with Gasteiger partial charge in [0, 0.05) is 17.7 Å². The predicted octanol–water partition coefficient (Wildman–Crippen LogP) is 5.98. The zero-order valence-corrected chi connectivity index (χ0v) is 14.9. The Balaban J connectivity index is 1.58. The maximum atomic E-state index is 12.4. The quantitative estimate of drug-likeness (QED) is 0.474. The van der Waals surface area contributed by atoms with Gasteiger partial charge in [-0.3, -0.25) is 4.79 Å². The lowest BCUT2D eigenvalue weighted by atomic mass is 9.83. The summed E-state index contributed by atoms with van der Waals surface area (Å²) in [5, 5.41) is 5.36. The van der Waals surface area contributed by atoms with Crippen LogP contribution in [0.15, 0.2) is 91.0 Å². The number of anilines is 1. The van der Waals surface area contributed by atoms with Gasteiger partial charge in [-0.25, -0.2) is 0 Å². The molecular formula is C25H19NO. The average molecular weight is 349 g/mol. The van der Waals surface area contributed by atoms with Crippen LogP contribution in [0.1, 0.15) is 23.5 Å². The number of fused-ring (bicyclic) bond motifs is 3. The lowest BCUT2D eigenvalue weighted by molar-refractivity contribution is -0.116. The first-order valence-corrected chi connectivity index (χ1v) is 9.26. The number of rotatable bonds is 2. The molecule has 4 aromatic rings. The lowest BCUT2D eigenvalue weighted by Gasteiger charge is -2.27. The Labute approximate surface area is 158 Å². The van der Waals surface area contributed by atoms with Gasteiger partial charge in [0.1, 0.15) is 0 Å². The number of benzene rings is 4. The van der Waals surface area contributed by atoms with E-state index < -0.39 is 0 Å². The van der Waals surface area contributed by atoms with Crippen LogP contribution in [0.2, 0.25) is 0 Å². The van der Waals surface area contributed by atoms with Crippen molar-refractivity contribution < 1.29 is 4.79 Å². The van der Waals surface area contributed by atoms with Crippen LogP contribution in [-0.2, 0) is 4.79 Å². The van der Waals surface area contributed by atoms with Crippen LogP contribution in [0.25, 0.3) is 21.9 Å². The molecule has 27 heavy (non-hydrogen) atoms. The van der Waals surface area contributed by atoms with E-state index in [-0.39, 0.29) is 11.8 Å². The highest BCUT2D eigenvalue weighted by Gasteiger charge is 2.27. The van der Waals surface area contributed by atoms with Gasteiger partial charge in [-0.05, 0) is 27.6 Å². The van der Waals surface area contributed by atoms with Crippen LogP contribution >= 0.6 is 0 Å². The number of nitrogens with one attached hydrogen (secondary N) is 1. The molecule has 2 heteroatoms. The third kappa shape index (κ3) is 2.80. The van der Waals surface area contributed by atoms with E-state index in [1.54, 1.807) is 0 Å². The van der Waals surface area contributed by atoms with Crippen molar-refractivity contribution in [1.29, 1.82) is 0 Å². The molecule has 1 amide bonds. The van der Waals surface area contributed by atoms with E-state index in [0.717, 1.165) is 16.5 Å². The summed E-state index contributed by atoms with van der Waals surface area (Å²) in [6.07, 6.45) is 0.482. The predicted molar refractivity (Wildman–Crippen MR) is 111 cm³/mol. The molecule has 1 heterocycles.